The van der Waals surface area contributed by atoms with Gasteiger partial charge >= 0.3 is 6.09 Å². The molecule has 0 bridgehead atoms. The van der Waals surface area contributed by atoms with E-state index in [9.17, 15) is 24.3 Å². The Morgan fingerprint density at radius 2 is 1.65 bits per heavy atom. The first-order valence-electron chi connectivity index (χ1n) is 16.6. The minimum Gasteiger partial charge on any atom is -0.443 e. The minimum atomic E-state index is -1.33. The number of aliphatic hydroxyl groups excluding tert-OH is 1. The molecular formula is C36H48N6O6. The number of hydrazine groups is 1. The highest BCUT2D eigenvalue weighted by molar-refractivity contribution is 5.99. The van der Waals surface area contributed by atoms with Gasteiger partial charge in [-0.1, -0.05) is 73.9 Å². The molecule has 0 radical (unpaired) electrons. The van der Waals surface area contributed by atoms with Crippen molar-refractivity contribution in [2.45, 2.75) is 89.5 Å². The molecule has 1 saturated carbocycles. The fourth-order valence-corrected chi connectivity index (χ4v) is 5.90. The Bertz CT molecular complexity index is 1540. The van der Waals surface area contributed by atoms with Crippen molar-refractivity contribution in [3.05, 3.63) is 78.0 Å². The van der Waals surface area contributed by atoms with Gasteiger partial charge < -0.3 is 26.2 Å². The number of amides is 4. The lowest BCUT2D eigenvalue weighted by atomic mass is 9.89. The van der Waals surface area contributed by atoms with Crippen LogP contribution in [0.25, 0.3) is 10.9 Å². The summed E-state index contributed by atoms with van der Waals surface area (Å²) in [4.78, 5) is 56.2. The van der Waals surface area contributed by atoms with Gasteiger partial charge in [0.1, 0.15) is 17.3 Å². The number of ether oxygens (including phenoxy) is 1. The highest BCUT2D eigenvalue weighted by Gasteiger charge is 2.31. The number of benzene rings is 2. The van der Waals surface area contributed by atoms with Crippen LogP contribution in [-0.4, -0.2) is 75.8 Å². The summed E-state index contributed by atoms with van der Waals surface area (Å²) in [5.74, 6) is -1.81. The molecule has 4 amide bonds. The molecule has 6 N–H and O–H groups in total. The molecule has 3 atom stereocenters. The second kappa shape index (κ2) is 17.0. The number of carbonyl (C=O) groups excluding carboxylic acids is 4. The first-order chi connectivity index (χ1) is 22.9. The van der Waals surface area contributed by atoms with Crippen LogP contribution in [0.5, 0.6) is 0 Å². The molecule has 1 aliphatic carbocycles. The number of rotatable bonds is 14. The average molecular weight is 661 g/mol. The van der Waals surface area contributed by atoms with Gasteiger partial charge in [0.05, 0.1) is 24.1 Å². The van der Waals surface area contributed by atoms with Crippen LogP contribution >= 0.6 is 0 Å². The van der Waals surface area contributed by atoms with Crippen molar-refractivity contribution in [2.24, 2.45) is 11.7 Å². The first-order valence-corrected chi connectivity index (χ1v) is 16.6. The topological polar surface area (TPSA) is 176 Å². The summed E-state index contributed by atoms with van der Waals surface area (Å²) in [6.45, 7) is 5.81. The summed E-state index contributed by atoms with van der Waals surface area (Å²) >= 11 is 0. The number of para-hydroxylation sites is 1. The quantitative estimate of drug-likeness (QED) is 0.163. The highest BCUT2D eigenvalue weighted by atomic mass is 16.6. The zero-order valence-corrected chi connectivity index (χ0v) is 28.0. The van der Waals surface area contributed by atoms with Crippen molar-refractivity contribution in [3.63, 3.8) is 0 Å². The van der Waals surface area contributed by atoms with Gasteiger partial charge in [-0.15, -0.1) is 0 Å². The van der Waals surface area contributed by atoms with Crippen LogP contribution in [0.2, 0.25) is 0 Å². The molecule has 0 spiro atoms. The molecule has 12 heteroatoms. The zero-order chi connectivity index (χ0) is 34.7. The predicted molar refractivity (Wildman–Crippen MR) is 182 cm³/mol. The maximum absolute atomic E-state index is 13.7. The number of aromatic nitrogens is 1. The van der Waals surface area contributed by atoms with E-state index in [1.54, 1.807) is 44.0 Å². The van der Waals surface area contributed by atoms with Crippen LogP contribution in [0.3, 0.4) is 0 Å². The lowest BCUT2D eigenvalue weighted by molar-refractivity contribution is -0.128. The van der Waals surface area contributed by atoms with Gasteiger partial charge in [0.25, 0.3) is 5.91 Å². The van der Waals surface area contributed by atoms with Crippen molar-refractivity contribution >= 4 is 34.7 Å². The van der Waals surface area contributed by atoms with Crippen LogP contribution in [0.15, 0.2) is 66.7 Å². The van der Waals surface area contributed by atoms with E-state index in [1.807, 2.05) is 42.5 Å². The molecular weight excluding hydrogens is 612 g/mol. The second-order valence-electron chi connectivity index (χ2n) is 13.5. The number of carbonyl (C=O) groups is 4. The van der Waals surface area contributed by atoms with Crippen molar-refractivity contribution in [1.29, 1.82) is 0 Å². The highest BCUT2D eigenvalue weighted by Crippen LogP contribution is 2.24. The van der Waals surface area contributed by atoms with E-state index < -0.39 is 54.0 Å². The van der Waals surface area contributed by atoms with E-state index >= 15 is 0 Å². The van der Waals surface area contributed by atoms with Gasteiger partial charge in [-0.2, -0.15) is 0 Å². The number of hydrogen-bond acceptors (Lipinski definition) is 8. The fraction of sp³-hybridized carbons (Fsp3) is 0.472. The number of aliphatic hydroxyl groups is 1. The Morgan fingerprint density at radius 1 is 0.958 bits per heavy atom. The Kier molecular flexibility index (Phi) is 12.9. The van der Waals surface area contributed by atoms with Crippen molar-refractivity contribution in [2.75, 3.05) is 13.1 Å². The Balaban J connectivity index is 1.53. The van der Waals surface area contributed by atoms with Crippen molar-refractivity contribution in [1.82, 2.24) is 26.1 Å². The van der Waals surface area contributed by atoms with E-state index in [1.165, 1.54) is 12.5 Å². The average Bonchev–Trinajstić information content (AvgIpc) is 3.03. The normalized spacial score (nSPS) is 15.7. The zero-order valence-electron chi connectivity index (χ0n) is 28.0. The molecule has 1 heterocycles. The monoisotopic (exact) mass is 660 g/mol. The lowest BCUT2D eigenvalue weighted by Gasteiger charge is -2.34. The Hall–Kier alpha value is -4.55. The second-order valence-corrected chi connectivity index (χ2v) is 13.5. The number of fused-ring (bicyclic) bond motifs is 1. The summed E-state index contributed by atoms with van der Waals surface area (Å²) in [5, 5.41) is 19.6. The molecule has 48 heavy (non-hydrogen) atoms. The lowest BCUT2D eigenvalue weighted by Crippen LogP contribution is -2.57. The Morgan fingerprint density at radius 3 is 2.33 bits per heavy atom. The Labute approximate surface area is 281 Å². The minimum absolute atomic E-state index is 0.0125. The van der Waals surface area contributed by atoms with Gasteiger partial charge in [-0.05, 0) is 63.6 Å². The third kappa shape index (κ3) is 11.6. The summed E-state index contributed by atoms with van der Waals surface area (Å²) in [6.07, 6.45) is 3.35. The summed E-state index contributed by atoms with van der Waals surface area (Å²) in [7, 11) is 0. The smallest absolute Gasteiger partial charge is 0.422 e. The molecule has 3 aromatic rings. The molecule has 2 aromatic carbocycles. The maximum Gasteiger partial charge on any atom is 0.422 e. The van der Waals surface area contributed by atoms with Gasteiger partial charge in [0.15, 0.2) is 0 Å². The summed E-state index contributed by atoms with van der Waals surface area (Å²) in [6, 6.07) is 17.7. The van der Waals surface area contributed by atoms with Crippen LogP contribution in [-0.2, 0) is 20.7 Å². The third-order valence-electron chi connectivity index (χ3n) is 8.21. The fourth-order valence-electron chi connectivity index (χ4n) is 5.90. The SMILES string of the molecule is CC(C)(C)OC(=O)NN(CC1CCCCC1)C[C@H](O)[C@H](Cc1ccccc1)NC(=O)[C@H](CC(N)=O)NC(=O)c1ccc2ccccc2n1. The third-order valence-corrected chi connectivity index (χ3v) is 8.21. The van der Waals surface area contributed by atoms with E-state index in [4.69, 9.17) is 10.5 Å². The molecule has 258 valence electrons. The standard InChI is InChI=1S/C36H48N6O6/c1-36(2,3)48-35(47)41-42(22-25-14-8-5-9-15-25)23-31(43)29(20-24-12-6-4-7-13-24)39-34(46)30(21-32(37)44)40-33(45)28-19-18-26-16-10-11-17-27(26)38-28/h4,6-7,10-13,16-19,25,29-31,43H,5,8-9,14-15,20-23H2,1-3H3,(H2,37,44)(H,39,46)(H,40,45)(H,41,47)/t29-,30-,31-/m0/s1. The largest absolute Gasteiger partial charge is 0.443 e. The number of primary amides is 1. The van der Waals surface area contributed by atoms with Gasteiger partial charge in [-0.3, -0.25) is 19.8 Å². The summed E-state index contributed by atoms with van der Waals surface area (Å²) in [5.41, 5.74) is 9.09. The number of nitrogens with one attached hydrogen (secondary N) is 3. The van der Waals surface area contributed by atoms with E-state index in [-0.39, 0.29) is 18.7 Å². The van der Waals surface area contributed by atoms with Crippen LogP contribution in [0.1, 0.15) is 75.3 Å². The van der Waals surface area contributed by atoms with Crippen molar-refractivity contribution in [3.8, 4) is 0 Å². The molecule has 0 saturated heterocycles. The number of nitrogens with zero attached hydrogens (tertiary/aromatic N) is 2. The van der Waals surface area contributed by atoms with Gasteiger partial charge in [-0.25, -0.2) is 14.8 Å². The summed E-state index contributed by atoms with van der Waals surface area (Å²) < 4.78 is 5.49. The number of hydrogen-bond donors (Lipinski definition) is 5. The van der Waals surface area contributed by atoms with E-state index in [0.717, 1.165) is 36.6 Å². The molecule has 1 aliphatic rings. The molecule has 0 unspecified atom stereocenters. The molecule has 0 aliphatic heterocycles. The van der Waals surface area contributed by atoms with E-state index in [2.05, 4.69) is 21.0 Å². The number of nitrogens with two attached hydrogens (primary N) is 1. The van der Waals surface area contributed by atoms with Crippen molar-refractivity contribution < 1.29 is 29.0 Å². The van der Waals surface area contributed by atoms with Gasteiger partial charge in [0, 0.05) is 18.5 Å². The first kappa shape index (κ1) is 36.3. The van der Waals surface area contributed by atoms with Gasteiger partial charge in [0.2, 0.25) is 11.8 Å². The number of pyridine rings is 1. The maximum atomic E-state index is 13.7. The van der Waals surface area contributed by atoms with Crippen LogP contribution in [0, 0.1) is 5.92 Å². The molecule has 4 rings (SSSR count). The molecule has 12 nitrogen and oxygen atoms in total. The van der Waals surface area contributed by atoms with Crippen LogP contribution in [0.4, 0.5) is 4.79 Å². The molecule has 1 fully saturated rings. The van der Waals surface area contributed by atoms with Crippen LogP contribution < -0.4 is 21.8 Å². The van der Waals surface area contributed by atoms with E-state index in [0.29, 0.717) is 18.0 Å². The molecule has 1 aromatic heterocycles. The predicted octanol–water partition coefficient (Wildman–Crippen LogP) is 3.62.